The molecule has 0 spiro atoms. The summed E-state index contributed by atoms with van der Waals surface area (Å²) in [4.78, 5) is 21.2. The standard InChI is InChI=1S/C24H24F3N3O3/c1-13(2)33-20-14(7-17(31)15-5-4-6-16(28-15)21(26)27)8-30-9-18(29-22(30)19(20)25)24-10-23(3,11-24)32-12-24/h4-6,8-9,13,21H,7,10-12H2,1-3H3. The van der Waals surface area contributed by atoms with E-state index >= 15 is 4.39 Å². The van der Waals surface area contributed by atoms with Crippen LogP contribution in [0.25, 0.3) is 5.65 Å². The smallest absolute Gasteiger partial charge is 0.280 e. The van der Waals surface area contributed by atoms with Crippen LogP contribution in [0.15, 0.2) is 30.6 Å². The maximum Gasteiger partial charge on any atom is 0.280 e. The highest BCUT2D eigenvalue weighted by Gasteiger charge is 2.61. The number of halogens is 3. The van der Waals surface area contributed by atoms with Crippen LogP contribution < -0.4 is 4.74 Å². The molecule has 0 atom stereocenters. The van der Waals surface area contributed by atoms with Crippen LogP contribution >= 0.6 is 0 Å². The van der Waals surface area contributed by atoms with Gasteiger partial charge in [0.15, 0.2) is 17.2 Å². The largest absolute Gasteiger partial charge is 0.487 e. The lowest BCUT2D eigenvalue weighted by molar-refractivity contribution is 0.0154. The molecule has 3 aromatic rings. The molecule has 9 heteroatoms. The van der Waals surface area contributed by atoms with Gasteiger partial charge in [-0.3, -0.25) is 4.79 Å². The summed E-state index contributed by atoms with van der Waals surface area (Å²) in [6, 6.07) is 3.88. The van der Waals surface area contributed by atoms with Crippen molar-refractivity contribution in [2.75, 3.05) is 6.61 Å². The second kappa shape index (κ2) is 7.55. The number of imidazole rings is 1. The molecule has 5 heterocycles. The van der Waals surface area contributed by atoms with Crippen LogP contribution in [0.1, 0.15) is 67.5 Å². The van der Waals surface area contributed by atoms with Crippen molar-refractivity contribution < 1.29 is 27.4 Å². The SMILES string of the molecule is CC(C)Oc1c(CC(=O)c2cccc(C(F)F)n2)cn2cc(C34COC(C)(C3)C4)nc2c1F. The Bertz CT molecular complexity index is 1250. The predicted octanol–water partition coefficient (Wildman–Crippen LogP) is 4.84. The Balaban J connectivity index is 1.53. The highest BCUT2D eigenvalue weighted by Crippen LogP contribution is 2.58. The zero-order valence-electron chi connectivity index (χ0n) is 18.6. The minimum absolute atomic E-state index is 0.0633. The number of nitrogens with zero attached hydrogens (tertiary/aromatic N) is 3. The van der Waals surface area contributed by atoms with Crippen LogP contribution in [-0.4, -0.2) is 38.5 Å². The Hall–Kier alpha value is -2.94. The Kier molecular flexibility index (Phi) is 5.00. The molecule has 2 bridgehead atoms. The van der Waals surface area contributed by atoms with Crippen LogP contribution in [0.2, 0.25) is 0 Å². The highest BCUT2D eigenvalue weighted by molar-refractivity contribution is 5.96. The Morgan fingerprint density at radius 2 is 2.00 bits per heavy atom. The normalized spacial score (nSPS) is 24.0. The van der Waals surface area contributed by atoms with Gasteiger partial charge in [0.05, 0.1) is 24.0 Å². The fourth-order valence-corrected chi connectivity index (χ4v) is 5.01. The fraction of sp³-hybridized carbons (Fsp3) is 0.458. The number of Topliss-reactive ketones (excluding diaryl/α,β-unsaturated/α-hetero) is 1. The number of ketones is 1. The van der Waals surface area contributed by atoms with E-state index in [2.05, 4.69) is 16.9 Å². The summed E-state index contributed by atoms with van der Waals surface area (Å²) in [5.74, 6) is -1.23. The highest BCUT2D eigenvalue weighted by atomic mass is 19.3. The molecule has 0 unspecified atom stereocenters. The second-order valence-corrected chi connectivity index (χ2v) is 9.54. The molecule has 2 aliphatic heterocycles. The fourth-order valence-electron chi connectivity index (χ4n) is 5.01. The first-order valence-electron chi connectivity index (χ1n) is 10.9. The van der Waals surface area contributed by atoms with Gasteiger partial charge in [0, 0.05) is 29.8 Å². The van der Waals surface area contributed by atoms with Gasteiger partial charge in [0.25, 0.3) is 6.43 Å². The third-order valence-electron chi connectivity index (χ3n) is 6.36. The molecule has 1 saturated carbocycles. The molecule has 174 valence electrons. The third-order valence-corrected chi connectivity index (χ3v) is 6.36. The molecule has 6 nitrogen and oxygen atoms in total. The lowest BCUT2D eigenvalue weighted by Gasteiger charge is -2.41. The Morgan fingerprint density at radius 3 is 2.64 bits per heavy atom. The minimum Gasteiger partial charge on any atom is -0.487 e. The molecule has 1 aliphatic carbocycles. The molecule has 2 saturated heterocycles. The summed E-state index contributed by atoms with van der Waals surface area (Å²) in [6.07, 6.45) is 1.66. The van der Waals surface area contributed by atoms with Crippen molar-refractivity contribution in [3.05, 3.63) is 59.1 Å². The number of rotatable bonds is 7. The molecule has 3 aromatic heterocycles. The maximum absolute atomic E-state index is 15.6. The summed E-state index contributed by atoms with van der Waals surface area (Å²) in [5, 5.41) is 0. The van der Waals surface area contributed by atoms with E-state index in [1.54, 1.807) is 30.6 Å². The molecule has 0 amide bonds. The number of carbonyl (C=O) groups is 1. The number of hydrogen-bond acceptors (Lipinski definition) is 5. The first kappa shape index (κ1) is 21.9. The van der Waals surface area contributed by atoms with Gasteiger partial charge in [0.1, 0.15) is 11.4 Å². The minimum atomic E-state index is -2.79. The molecule has 0 radical (unpaired) electrons. The molecule has 0 aromatic carbocycles. The van der Waals surface area contributed by atoms with E-state index in [-0.39, 0.29) is 40.6 Å². The van der Waals surface area contributed by atoms with Crippen LogP contribution in [0.4, 0.5) is 13.2 Å². The quantitative estimate of drug-likeness (QED) is 0.473. The van der Waals surface area contributed by atoms with E-state index in [0.29, 0.717) is 12.2 Å². The van der Waals surface area contributed by atoms with E-state index in [4.69, 9.17) is 9.47 Å². The summed E-state index contributed by atoms with van der Waals surface area (Å²) in [5.41, 5.74) is 0.216. The van der Waals surface area contributed by atoms with Gasteiger partial charge < -0.3 is 13.9 Å². The maximum atomic E-state index is 15.6. The van der Waals surface area contributed by atoms with Crippen LogP contribution in [0.5, 0.6) is 5.75 Å². The molecular formula is C24H24F3N3O3. The number of ether oxygens (including phenoxy) is 2. The van der Waals surface area contributed by atoms with Crippen molar-refractivity contribution in [1.82, 2.24) is 14.4 Å². The van der Waals surface area contributed by atoms with E-state index in [1.807, 2.05) is 0 Å². The van der Waals surface area contributed by atoms with Gasteiger partial charge in [0.2, 0.25) is 5.82 Å². The number of fused-ring (bicyclic) bond motifs is 2. The van der Waals surface area contributed by atoms with Crippen LogP contribution in [0.3, 0.4) is 0 Å². The van der Waals surface area contributed by atoms with E-state index in [1.165, 1.54) is 12.1 Å². The van der Waals surface area contributed by atoms with E-state index in [0.717, 1.165) is 24.6 Å². The summed E-state index contributed by atoms with van der Waals surface area (Å²) in [7, 11) is 0. The average Bonchev–Trinajstić information content (AvgIpc) is 3.42. The molecular weight excluding hydrogens is 435 g/mol. The average molecular weight is 459 g/mol. The molecule has 3 fully saturated rings. The van der Waals surface area contributed by atoms with Crippen molar-refractivity contribution in [2.45, 2.75) is 63.6 Å². The van der Waals surface area contributed by atoms with Gasteiger partial charge >= 0.3 is 0 Å². The van der Waals surface area contributed by atoms with Crippen molar-refractivity contribution >= 4 is 11.4 Å². The molecule has 3 aliphatic rings. The zero-order valence-corrected chi connectivity index (χ0v) is 18.6. The van der Waals surface area contributed by atoms with Crippen molar-refractivity contribution in [3.63, 3.8) is 0 Å². The predicted molar refractivity (Wildman–Crippen MR) is 113 cm³/mol. The first-order valence-corrected chi connectivity index (χ1v) is 10.9. The molecule has 33 heavy (non-hydrogen) atoms. The van der Waals surface area contributed by atoms with E-state index in [9.17, 15) is 13.6 Å². The monoisotopic (exact) mass is 459 g/mol. The van der Waals surface area contributed by atoms with Gasteiger partial charge in [-0.05, 0) is 45.7 Å². The van der Waals surface area contributed by atoms with Gasteiger partial charge in [-0.2, -0.15) is 4.39 Å². The summed E-state index contributed by atoms with van der Waals surface area (Å²) < 4.78 is 54.7. The number of hydrogen-bond donors (Lipinski definition) is 0. The van der Waals surface area contributed by atoms with Crippen molar-refractivity contribution in [3.8, 4) is 5.75 Å². The van der Waals surface area contributed by atoms with Gasteiger partial charge in [-0.25, -0.2) is 18.7 Å². The topological polar surface area (TPSA) is 65.7 Å². The molecule has 0 N–H and O–H groups in total. The second-order valence-electron chi connectivity index (χ2n) is 9.54. The lowest BCUT2D eigenvalue weighted by Crippen LogP contribution is -2.45. The Morgan fingerprint density at radius 1 is 1.24 bits per heavy atom. The Labute approximate surface area is 188 Å². The molecule has 6 rings (SSSR count). The first-order chi connectivity index (χ1) is 15.6. The number of pyridine rings is 2. The third kappa shape index (κ3) is 3.68. The van der Waals surface area contributed by atoms with Crippen LogP contribution in [-0.2, 0) is 16.6 Å². The zero-order chi connectivity index (χ0) is 23.5. The number of aromatic nitrogens is 3. The van der Waals surface area contributed by atoms with E-state index < -0.39 is 23.7 Å². The summed E-state index contributed by atoms with van der Waals surface area (Å²) in [6.45, 7) is 6.11. The van der Waals surface area contributed by atoms with Crippen LogP contribution in [0, 0.1) is 5.82 Å². The lowest BCUT2D eigenvalue weighted by atomic mass is 9.62. The van der Waals surface area contributed by atoms with Gasteiger partial charge in [-0.15, -0.1) is 0 Å². The van der Waals surface area contributed by atoms with Crippen molar-refractivity contribution in [1.29, 1.82) is 0 Å². The summed E-state index contributed by atoms with van der Waals surface area (Å²) >= 11 is 0. The van der Waals surface area contributed by atoms with Gasteiger partial charge in [-0.1, -0.05) is 6.07 Å². The number of carbonyl (C=O) groups excluding carboxylic acids is 1. The number of alkyl halides is 2. The van der Waals surface area contributed by atoms with Crippen molar-refractivity contribution in [2.24, 2.45) is 0 Å².